The molecule has 3 nitrogen and oxygen atoms in total. The standard InChI is InChI=1S/C9H21NO2/c1-8(2)10-5-6-12-9(3,4)7-11/h8,10-11H,5-7H2,1-4H3. The van der Waals surface area contributed by atoms with Crippen molar-refractivity contribution < 1.29 is 9.84 Å². The minimum atomic E-state index is -0.404. The molecule has 0 aliphatic rings. The van der Waals surface area contributed by atoms with Gasteiger partial charge in [0.25, 0.3) is 0 Å². The Balaban J connectivity index is 3.31. The highest BCUT2D eigenvalue weighted by Crippen LogP contribution is 2.05. The van der Waals surface area contributed by atoms with Crippen LogP contribution in [0.5, 0.6) is 0 Å². The van der Waals surface area contributed by atoms with Crippen LogP contribution in [0.1, 0.15) is 27.7 Å². The second-order valence-corrected chi connectivity index (χ2v) is 3.88. The number of rotatable bonds is 6. The summed E-state index contributed by atoms with van der Waals surface area (Å²) in [6.07, 6.45) is 0. The molecule has 0 aliphatic carbocycles. The fourth-order valence-electron chi connectivity index (χ4n) is 0.721. The van der Waals surface area contributed by atoms with E-state index in [-0.39, 0.29) is 6.61 Å². The second kappa shape index (κ2) is 5.51. The predicted molar refractivity (Wildman–Crippen MR) is 50.3 cm³/mol. The van der Waals surface area contributed by atoms with Crippen LogP contribution in [0.25, 0.3) is 0 Å². The Morgan fingerprint density at radius 3 is 2.42 bits per heavy atom. The van der Waals surface area contributed by atoms with E-state index >= 15 is 0 Å². The van der Waals surface area contributed by atoms with Crippen LogP contribution in [-0.4, -0.2) is 36.5 Å². The summed E-state index contributed by atoms with van der Waals surface area (Å²) in [6, 6.07) is 0.492. The van der Waals surface area contributed by atoms with Crippen LogP contribution in [0.4, 0.5) is 0 Å². The fraction of sp³-hybridized carbons (Fsp3) is 1.00. The number of aliphatic hydroxyl groups excluding tert-OH is 1. The first-order chi connectivity index (χ1) is 5.48. The molecular weight excluding hydrogens is 154 g/mol. The van der Waals surface area contributed by atoms with Crippen LogP contribution in [0.15, 0.2) is 0 Å². The number of hydrogen-bond donors (Lipinski definition) is 2. The molecular formula is C9H21NO2. The van der Waals surface area contributed by atoms with E-state index in [0.717, 1.165) is 6.54 Å². The maximum absolute atomic E-state index is 8.86. The van der Waals surface area contributed by atoms with Gasteiger partial charge in [0, 0.05) is 12.6 Å². The number of aliphatic hydroxyl groups is 1. The van der Waals surface area contributed by atoms with Gasteiger partial charge in [0.2, 0.25) is 0 Å². The lowest BCUT2D eigenvalue weighted by molar-refractivity contribution is -0.0521. The van der Waals surface area contributed by atoms with E-state index < -0.39 is 5.60 Å². The molecule has 0 atom stereocenters. The van der Waals surface area contributed by atoms with Gasteiger partial charge in [0.05, 0.1) is 18.8 Å². The summed E-state index contributed by atoms with van der Waals surface area (Å²) in [7, 11) is 0. The minimum Gasteiger partial charge on any atom is -0.393 e. The van der Waals surface area contributed by atoms with Gasteiger partial charge in [0.1, 0.15) is 0 Å². The van der Waals surface area contributed by atoms with E-state index in [9.17, 15) is 0 Å². The van der Waals surface area contributed by atoms with Gasteiger partial charge in [-0.15, -0.1) is 0 Å². The zero-order valence-corrected chi connectivity index (χ0v) is 8.55. The monoisotopic (exact) mass is 175 g/mol. The Kier molecular flexibility index (Phi) is 5.46. The molecule has 12 heavy (non-hydrogen) atoms. The van der Waals surface area contributed by atoms with Crippen molar-refractivity contribution in [3.8, 4) is 0 Å². The smallest absolute Gasteiger partial charge is 0.0856 e. The van der Waals surface area contributed by atoms with Gasteiger partial charge >= 0.3 is 0 Å². The first-order valence-corrected chi connectivity index (χ1v) is 4.46. The fourth-order valence-corrected chi connectivity index (χ4v) is 0.721. The molecule has 2 N–H and O–H groups in total. The number of ether oxygens (including phenoxy) is 1. The zero-order valence-electron chi connectivity index (χ0n) is 8.55. The quantitative estimate of drug-likeness (QED) is 0.586. The SMILES string of the molecule is CC(C)NCCOC(C)(C)CO. The normalized spacial score (nSPS) is 12.5. The summed E-state index contributed by atoms with van der Waals surface area (Å²) in [5.41, 5.74) is -0.404. The molecule has 0 fully saturated rings. The van der Waals surface area contributed by atoms with E-state index in [1.807, 2.05) is 13.8 Å². The van der Waals surface area contributed by atoms with Gasteiger partial charge in [-0.2, -0.15) is 0 Å². The topological polar surface area (TPSA) is 41.5 Å². The first-order valence-electron chi connectivity index (χ1n) is 4.46. The summed E-state index contributed by atoms with van der Waals surface area (Å²) in [5.74, 6) is 0. The predicted octanol–water partition coefficient (Wildman–Crippen LogP) is 0.772. The molecule has 0 spiro atoms. The highest BCUT2D eigenvalue weighted by Gasteiger charge is 2.15. The van der Waals surface area contributed by atoms with Crippen molar-refractivity contribution in [2.75, 3.05) is 19.8 Å². The van der Waals surface area contributed by atoms with Gasteiger partial charge < -0.3 is 15.2 Å². The van der Waals surface area contributed by atoms with Crippen LogP contribution in [0, 0.1) is 0 Å². The summed E-state index contributed by atoms with van der Waals surface area (Å²) in [5, 5.41) is 12.1. The van der Waals surface area contributed by atoms with E-state index in [4.69, 9.17) is 9.84 Å². The highest BCUT2D eigenvalue weighted by molar-refractivity contribution is 4.66. The lowest BCUT2D eigenvalue weighted by Gasteiger charge is -2.22. The zero-order chi connectivity index (χ0) is 9.61. The molecule has 0 aromatic heterocycles. The van der Waals surface area contributed by atoms with E-state index in [1.54, 1.807) is 0 Å². The van der Waals surface area contributed by atoms with E-state index in [1.165, 1.54) is 0 Å². The van der Waals surface area contributed by atoms with Crippen LogP contribution in [0.3, 0.4) is 0 Å². The maximum atomic E-state index is 8.86. The number of hydrogen-bond acceptors (Lipinski definition) is 3. The Labute approximate surface area is 75.1 Å². The van der Waals surface area contributed by atoms with Crippen molar-refractivity contribution in [2.45, 2.75) is 39.3 Å². The molecule has 0 rings (SSSR count). The lowest BCUT2D eigenvalue weighted by atomic mass is 10.1. The van der Waals surface area contributed by atoms with Crippen molar-refractivity contribution in [3.05, 3.63) is 0 Å². The lowest BCUT2D eigenvalue weighted by Crippen LogP contribution is -2.34. The maximum Gasteiger partial charge on any atom is 0.0856 e. The van der Waals surface area contributed by atoms with E-state index in [2.05, 4.69) is 19.2 Å². The van der Waals surface area contributed by atoms with Gasteiger partial charge in [-0.3, -0.25) is 0 Å². The van der Waals surface area contributed by atoms with Crippen LogP contribution in [-0.2, 0) is 4.74 Å². The van der Waals surface area contributed by atoms with Crippen LogP contribution in [0.2, 0.25) is 0 Å². The number of nitrogens with one attached hydrogen (secondary N) is 1. The Morgan fingerprint density at radius 1 is 1.42 bits per heavy atom. The molecule has 0 saturated heterocycles. The van der Waals surface area contributed by atoms with Gasteiger partial charge in [-0.25, -0.2) is 0 Å². The molecule has 0 saturated carbocycles. The molecule has 0 amide bonds. The minimum absolute atomic E-state index is 0.0642. The molecule has 0 aliphatic heterocycles. The average molecular weight is 175 g/mol. The molecule has 0 heterocycles. The third-order valence-corrected chi connectivity index (χ3v) is 1.53. The third kappa shape index (κ3) is 6.58. The van der Waals surface area contributed by atoms with Gasteiger partial charge in [-0.05, 0) is 13.8 Å². The molecule has 0 radical (unpaired) electrons. The third-order valence-electron chi connectivity index (χ3n) is 1.53. The Bertz CT molecular complexity index is 113. The summed E-state index contributed by atoms with van der Waals surface area (Å²) in [6.45, 7) is 9.49. The van der Waals surface area contributed by atoms with Crippen LogP contribution >= 0.6 is 0 Å². The Hall–Kier alpha value is -0.120. The largest absolute Gasteiger partial charge is 0.393 e. The van der Waals surface area contributed by atoms with E-state index in [0.29, 0.717) is 12.6 Å². The molecule has 3 heteroatoms. The van der Waals surface area contributed by atoms with Crippen molar-refractivity contribution in [3.63, 3.8) is 0 Å². The highest BCUT2D eigenvalue weighted by atomic mass is 16.5. The average Bonchev–Trinajstić information content (AvgIpc) is 1.98. The van der Waals surface area contributed by atoms with Crippen molar-refractivity contribution >= 4 is 0 Å². The molecule has 0 aromatic carbocycles. The molecule has 0 unspecified atom stereocenters. The summed E-state index contributed by atoms with van der Waals surface area (Å²) in [4.78, 5) is 0. The summed E-state index contributed by atoms with van der Waals surface area (Å²) < 4.78 is 5.42. The van der Waals surface area contributed by atoms with Crippen molar-refractivity contribution in [2.24, 2.45) is 0 Å². The summed E-state index contributed by atoms with van der Waals surface area (Å²) >= 11 is 0. The molecule has 74 valence electrons. The first kappa shape index (κ1) is 11.9. The molecule has 0 bridgehead atoms. The Morgan fingerprint density at radius 2 is 2.00 bits per heavy atom. The van der Waals surface area contributed by atoms with Crippen molar-refractivity contribution in [1.82, 2.24) is 5.32 Å². The van der Waals surface area contributed by atoms with Gasteiger partial charge in [-0.1, -0.05) is 13.8 Å². The van der Waals surface area contributed by atoms with Gasteiger partial charge in [0.15, 0.2) is 0 Å². The second-order valence-electron chi connectivity index (χ2n) is 3.88. The van der Waals surface area contributed by atoms with Crippen LogP contribution < -0.4 is 5.32 Å². The molecule has 0 aromatic rings. The van der Waals surface area contributed by atoms with Crippen molar-refractivity contribution in [1.29, 1.82) is 0 Å².